The zero-order chi connectivity index (χ0) is 11.4. The van der Waals surface area contributed by atoms with Crippen molar-refractivity contribution in [2.75, 3.05) is 13.2 Å². The van der Waals surface area contributed by atoms with Crippen LogP contribution in [-0.4, -0.2) is 13.2 Å². The summed E-state index contributed by atoms with van der Waals surface area (Å²) in [5, 5.41) is 3.51. The van der Waals surface area contributed by atoms with Gasteiger partial charge in [0.15, 0.2) is 0 Å². The van der Waals surface area contributed by atoms with Crippen LogP contribution in [-0.2, 0) is 0 Å². The van der Waals surface area contributed by atoms with E-state index in [1.54, 1.807) is 0 Å². The summed E-state index contributed by atoms with van der Waals surface area (Å²) in [5.74, 6) is 4.13. The zero-order valence-corrected chi connectivity index (χ0v) is 9.57. The molecule has 0 spiro atoms. The van der Waals surface area contributed by atoms with E-state index in [1.165, 1.54) is 5.56 Å². The lowest BCUT2D eigenvalue weighted by Gasteiger charge is -2.32. The molecule has 0 saturated heterocycles. The summed E-state index contributed by atoms with van der Waals surface area (Å²) >= 11 is 0. The minimum absolute atomic E-state index is 0.360. The van der Waals surface area contributed by atoms with Gasteiger partial charge in [-0.3, -0.25) is 0 Å². The maximum atomic E-state index is 5.69. The highest BCUT2D eigenvalue weighted by Gasteiger charge is 2.26. The van der Waals surface area contributed by atoms with Crippen molar-refractivity contribution < 1.29 is 4.74 Å². The van der Waals surface area contributed by atoms with Gasteiger partial charge in [0.25, 0.3) is 0 Å². The smallest absolute Gasteiger partial charge is 0.124 e. The van der Waals surface area contributed by atoms with Crippen LogP contribution in [0.5, 0.6) is 5.75 Å². The number of rotatable bonds is 3. The van der Waals surface area contributed by atoms with Crippen molar-refractivity contribution in [3.05, 3.63) is 29.8 Å². The number of hydrogen-bond acceptors (Lipinski definition) is 2. The molecule has 0 fully saturated rings. The van der Waals surface area contributed by atoms with Crippen molar-refractivity contribution in [1.29, 1.82) is 0 Å². The van der Waals surface area contributed by atoms with Crippen molar-refractivity contribution in [3.63, 3.8) is 0 Å². The number of para-hydroxylation sites is 1. The van der Waals surface area contributed by atoms with E-state index in [4.69, 9.17) is 11.2 Å². The van der Waals surface area contributed by atoms with Crippen LogP contribution >= 0.6 is 0 Å². The SMILES string of the molecule is C#CCCNC1c2ccccc2OCC1C. The quantitative estimate of drug-likeness (QED) is 0.617. The van der Waals surface area contributed by atoms with E-state index in [2.05, 4.69) is 30.3 Å². The van der Waals surface area contributed by atoms with E-state index < -0.39 is 0 Å². The summed E-state index contributed by atoms with van der Waals surface area (Å²) in [4.78, 5) is 0. The molecule has 16 heavy (non-hydrogen) atoms. The van der Waals surface area contributed by atoms with Crippen molar-refractivity contribution in [2.24, 2.45) is 5.92 Å². The molecule has 0 amide bonds. The molecule has 2 heteroatoms. The Morgan fingerprint density at radius 3 is 3.12 bits per heavy atom. The third kappa shape index (κ3) is 2.20. The predicted octanol–water partition coefficient (Wildman–Crippen LogP) is 2.37. The molecule has 1 aromatic rings. The summed E-state index contributed by atoms with van der Waals surface area (Å²) in [7, 11) is 0. The summed E-state index contributed by atoms with van der Waals surface area (Å²) in [5.41, 5.74) is 1.25. The van der Waals surface area contributed by atoms with E-state index in [1.807, 2.05) is 12.1 Å². The van der Waals surface area contributed by atoms with Crippen molar-refractivity contribution in [1.82, 2.24) is 5.32 Å². The normalized spacial score (nSPS) is 23.0. The minimum Gasteiger partial charge on any atom is -0.493 e. The first kappa shape index (κ1) is 11.0. The first-order valence-electron chi connectivity index (χ1n) is 5.71. The van der Waals surface area contributed by atoms with E-state index in [-0.39, 0.29) is 0 Å². The van der Waals surface area contributed by atoms with Gasteiger partial charge in [-0.05, 0) is 6.07 Å². The van der Waals surface area contributed by atoms with Crippen LogP contribution in [0.2, 0.25) is 0 Å². The zero-order valence-electron chi connectivity index (χ0n) is 9.57. The molecule has 2 nitrogen and oxygen atoms in total. The summed E-state index contributed by atoms with van der Waals surface area (Å²) in [6.07, 6.45) is 6.03. The summed E-state index contributed by atoms with van der Waals surface area (Å²) in [6, 6.07) is 8.57. The van der Waals surface area contributed by atoms with E-state index >= 15 is 0 Å². The molecular weight excluding hydrogens is 198 g/mol. The van der Waals surface area contributed by atoms with Crippen molar-refractivity contribution >= 4 is 0 Å². The Balaban J connectivity index is 2.14. The van der Waals surface area contributed by atoms with Gasteiger partial charge in [0.1, 0.15) is 5.75 Å². The summed E-state index contributed by atoms with van der Waals surface area (Å²) < 4.78 is 5.69. The number of hydrogen-bond donors (Lipinski definition) is 1. The molecule has 1 N–H and O–H groups in total. The lowest BCUT2D eigenvalue weighted by molar-refractivity contribution is 0.189. The maximum Gasteiger partial charge on any atom is 0.124 e. The molecule has 1 aromatic carbocycles. The van der Waals surface area contributed by atoms with Crippen LogP contribution in [0.1, 0.15) is 24.9 Å². The second kappa shape index (κ2) is 5.05. The molecule has 1 aliphatic heterocycles. The fraction of sp³-hybridized carbons (Fsp3) is 0.429. The molecule has 0 aliphatic carbocycles. The summed E-state index contributed by atoms with van der Waals surface area (Å²) in [6.45, 7) is 3.83. The number of benzene rings is 1. The fourth-order valence-electron chi connectivity index (χ4n) is 2.10. The topological polar surface area (TPSA) is 21.3 Å². The third-order valence-electron chi connectivity index (χ3n) is 2.96. The molecule has 1 aliphatic rings. The second-order valence-corrected chi connectivity index (χ2v) is 4.21. The van der Waals surface area contributed by atoms with Crippen LogP contribution in [0.15, 0.2) is 24.3 Å². The third-order valence-corrected chi connectivity index (χ3v) is 2.96. The van der Waals surface area contributed by atoms with Crippen molar-refractivity contribution in [3.8, 4) is 18.1 Å². The van der Waals surface area contributed by atoms with Crippen molar-refractivity contribution in [2.45, 2.75) is 19.4 Å². The van der Waals surface area contributed by atoms with E-state index in [0.717, 1.165) is 25.3 Å². The first-order valence-corrected chi connectivity index (χ1v) is 5.71. The Morgan fingerprint density at radius 1 is 1.50 bits per heavy atom. The maximum absolute atomic E-state index is 5.69. The molecule has 0 bridgehead atoms. The number of ether oxygens (including phenoxy) is 1. The molecule has 2 rings (SSSR count). The lowest BCUT2D eigenvalue weighted by Crippen LogP contribution is -2.34. The molecule has 2 unspecified atom stereocenters. The Labute approximate surface area is 97.0 Å². The molecule has 84 valence electrons. The highest BCUT2D eigenvalue weighted by atomic mass is 16.5. The van der Waals surface area contributed by atoms with Gasteiger partial charge in [0, 0.05) is 30.5 Å². The molecule has 0 saturated carbocycles. The Hall–Kier alpha value is -1.46. The van der Waals surface area contributed by atoms with E-state index in [9.17, 15) is 0 Å². The number of nitrogens with one attached hydrogen (secondary N) is 1. The highest BCUT2D eigenvalue weighted by Crippen LogP contribution is 2.34. The largest absolute Gasteiger partial charge is 0.493 e. The monoisotopic (exact) mass is 215 g/mol. The molecule has 0 aromatic heterocycles. The number of terminal acetylenes is 1. The van der Waals surface area contributed by atoms with Crippen LogP contribution in [0, 0.1) is 18.3 Å². The Morgan fingerprint density at radius 2 is 2.31 bits per heavy atom. The first-order chi connectivity index (χ1) is 7.83. The molecule has 1 heterocycles. The average molecular weight is 215 g/mol. The fourth-order valence-corrected chi connectivity index (χ4v) is 2.10. The van der Waals surface area contributed by atoms with Gasteiger partial charge in [-0.1, -0.05) is 25.1 Å². The Kier molecular flexibility index (Phi) is 3.48. The van der Waals surface area contributed by atoms with Gasteiger partial charge in [-0.25, -0.2) is 0 Å². The van der Waals surface area contributed by atoms with Crippen LogP contribution in [0.4, 0.5) is 0 Å². The second-order valence-electron chi connectivity index (χ2n) is 4.21. The van der Waals surface area contributed by atoms with E-state index in [0.29, 0.717) is 12.0 Å². The van der Waals surface area contributed by atoms with Gasteiger partial charge in [0.05, 0.1) is 6.61 Å². The molecule has 2 atom stereocenters. The van der Waals surface area contributed by atoms with Gasteiger partial charge >= 0.3 is 0 Å². The Bertz CT molecular complexity index is 394. The van der Waals surface area contributed by atoms with Crippen LogP contribution < -0.4 is 10.1 Å². The molecule has 0 radical (unpaired) electrons. The minimum atomic E-state index is 0.360. The highest BCUT2D eigenvalue weighted by molar-refractivity contribution is 5.37. The van der Waals surface area contributed by atoms with Gasteiger partial charge in [0.2, 0.25) is 0 Å². The van der Waals surface area contributed by atoms with Gasteiger partial charge < -0.3 is 10.1 Å². The predicted molar refractivity (Wildman–Crippen MR) is 65.3 cm³/mol. The van der Waals surface area contributed by atoms with Crippen LogP contribution in [0.25, 0.3) is 0 Å². The lowest BCUT2D eigenvalue weighted by atomic mass is 9.92. The van der Waals surface area contributed by atoms with Gasteiger partial charge in [-0.2, -0.15) is 0 Å². The van der Waals surface area contributed by atoms with Crippen LogP contribution in [0.3, 0.4) is 0 Å². The van der Waals surface area contributed by atoms with Gasteiger partial charge in [-0.15, -0.1) is 12.3 Å². The average Bonchev–Trinajstić information content (AvgIpc) is 2.32. The standard InChI is InChI=1S/C14H17NO/c1-3-4-9-15-14-11(2)10-16-13-8-6-5-7-12(13)14/h1,5-8,11,14-15H,4,9-10H2,2H3. The number of fused-ring (bicyclic) bond motifs is 1. The molecular formula is C14H17NO.